The molecule has 126 valence electrons. The van der Waals surface area contributed by atoms with Crippen molar-refractivity contribution < 1.29 is 4.79 Å². The maximum absolute atomic E-state index is 12.7. The van der Waals surface area contributed by atoms with Gasteiger partial charge >= 0.3 is 0 Å². The first-order chi connectivity index (χ1) is 11.6. The van der Waals surface area contributed by atoms with Gasteiger partial charge in [0, 0.05) is 24.7 Å². The zero-order valence-electron chi connectivity index (χ0n) is 14.5. The Morgan fingerprint density at radius 1 is 1.12 bits per heavy atom. The minimum Gasteiger partial charge on any atom is -0.352 e. The molecule has 1 N–H and O–H groups in total. The van der Waals surface area contributed by atoms with Crippen LogP contribution in [0, 0.1) is 5.92 Å². The number of hydrogen-bond donors (Lipinski definition) is 1. The lowest BCUT2D eigenvalue weighted by atomic mass is 9.99. The molecule has 0 spiro atoms. The Hall–Kier alpha value is -2.13. The van der Waals surface area contributed by atoms with Gasteiger partial charge in [0.1, 0.15) is 0 Å². The van der Waals surface area contributed by atoms with Crippen LogP contribution in [0.1, 0.15) is 30.6 Å². The molecule has 1 amide bonds. The number of nitrogens with zero attached hydrogens (tertiary/aromatic N) is 1. The van der Waals surface area contributed by atoms with Crippen LogP contribution in [0.3, 0.4) is 0 Å². The van der Waals surface area contributed by atoms with Gasteiger partial charge in [0.15, 0.2) is 0 Å². The average molecular weight is 322 g/mol. The third kappa shape index (κ3) is 3.85. The van der Waals surface area contributed by atoms with Gasteiger partial charge in [-0.15, -0.1) is 0 Å². The number of carbonyl (C=O) groups excluding carboxylic acids is 1. The molecular weight excluding hydrogens is 296 g/mol. The van der Waals surface area contributed by atoms with Crippen LogP contribution in [0.15, 0.2) is 54.6 Å². The SMILES string of the molecule is CC(C)N1CC[C@H](CNC(=O)c2ccccc2-c2ccccc2)C1. The molecule has 0 aliphatic carbocycles. The minimum atomic E-state index is 0.0254. The van der Waals surface area contributed by atoms with Crippen LogP contribution < -0.4 is 5.32 Å². The quantitative estimate of drug-likeness (QED) is 0.908. The first-order valence-corrected chi connectivity index (χ1v) is 8.82. The van der Waals surface area contributed by atoms with Crippen LogP contribution >= 0.6 is 0 Å². The van der Waals surface area contributed by atoms with Crippen LogP contribution in [0.2, 0.25) is 0 Å². The summed E-state index contributed by atoms with van der Waals surface area (Å²) in [6.07, 6.45) is 1.17. The van der Waals surface area contributed by atoms with E-state index in [0.717, 1.165) is 36.3 Å². The maximum atomic E-state index is 12.7. The number of likely N-dealkylation sites (tertiary alicyclic amines) is 1. The highest BCUT2D eigenvalue weighted by atomic mass is 16.1. The lowest BCUT2D eigenvalue weighted by Gasteiger charge is -2.20. The predicted octanol–water partition coefficient (Wildman–Crippen LogP) is 3.81. The number of hydrogen-bond acceptors (Lipinski definition) is 2. The monoisotopic (exact) mass is 322 g/mol. The third-order valence-electron chi connectivity index (χ3n) is 4.86. The van der Waals surface area contributed by atoms with Crippen molar-refractivity contribution >= 4 is 5.91 Å². The van der Waals surface area contributed by atoms with E-state index >= 15 is 0 Å². The van der Waals surface area contributed by atoms with E-state index in [0.29, 0.717) is 12.0 Å². The highest BCUT2D eigenvalue weighted by molar-refractivity contribution is 6.00. The van der Waals surface area contributed by atoms with Gasteiger partial charge in [0.25, 0.3) is 5.91 Å². The van der Waals surface area contributed by atoms with E-state index in [1.165, 1.54) is 6.42 Å². The van der Waals surface area contributed by atoms with Gasteiger partial charge in [-0.3, -0.25) is 4.79 Å². The molecule has 3 nitrogen and oxygen atoms in total. The summed E-state index contributed by atoms with van der Waals surface area (Å²) in [6, 6.07) is 18.5. The fourth-order valence-electron chi connectivity index (χ4n) is 3.38. The number of rotatable bonds is 5. The molecule has 3 heteroatoms. The largest absolute Gasteiger partial charge is 0.352 e. The van der Waals surface area contributed by atoms with Gasteiger partial charge in [-0.25, -0.2) is 0 Å². The van der Waals surface area contributed by atoms with Crippen LogP contribution in [-0.4, -0.2) is 36.5 Å². The summed E-state index contributed by atoms with van der Waals surface area (Å²) in [7, 11) is 0. The molecule has 0 bridgehead atoms. The van der Waals surface area contributed by atoms with E-state index in [-0.39, 0.29) is 5.91 Å². The Morgan fingerprint density at radius 3 is 2.54 bits per heavy atom. The third-order valence-corrected chi connectivity index (χ3v) is 4.86. The van der Waals surface area contributed by atoms with Gasteiger partial charge < -0.3 is 10.2 Å². The Labute approximate surface area is 144 Å². The highest BCUT2D eigenvalue weighted by Gasteiger charge is 2.24. The Morgan fingerprint density at radius 2 is 1.83 bits per heavy atom. The second-order valence-electron chi connectivity index (χ2n) is 6.87. The van der Waals surface area contributed by atoms with Gasteiger partial charge in [-0.1, -0.05) is 48.5 Å². The van der Waals surface area contributed by atoms with E-state index in [1.54, 1.807) is 0 Å². The summed E-state index contributed by atoms with van der Waals surface area (Å²) in [5, 5.41) is 3.14. The smallest absolute Gasteiger partial charge is 0.251 e. The number of nitrogens with one attached hydrogen (secondary N) is 1. The predicted molar refractivity (Wildman–Crippen MR) is 99.0 cm³/mol. The molecule has 0 saturated carbocycles. The summed E-state index contributed by atoms with van der Waals surface area (Å²) < 4.78 is 0. The fourth-order valence-corrected chi connectivity index (χ4v) is 3.38. The van der Waals surface area contributed by atoms with Gasteiger partial charge in [-0.05, 0) is 49.9 Å². The van der Waals surface area contributed by atoms with Gasteiger partial charge in [-0.2, -0.15) is 0 Å². The Balaban J connectivity index is 1.66. The van der Waals surface area contributed by atoms with E-state index < -0.39 is 0 Å². The van der Waals surface area contributed by atoms with Crippen LogP contribution in [0.5, 0.6) is 0 Å². The Kier molecular flexibility index (Phi) is 5.31. The van der Waals surface area contributed by atoms with E-state index in [4.69, 9.17) is 0 Å². The second kappa shape index (κ2) is 7.63. The summed E-state index contributed by atoms with van der Waals surface area (Å²) in [5.74, 6) is 0.581. The number of carbonyl (C=O) groups is 1. The van der Waals surface area contributed by atoms with Crippen LogP contribution in [0.4, 0.5) is 0 Å². The molecule has 1 aliphatic rings. The molecule has 0 radical (unpaired) electrons. The first kappa shape index (κ1) is 16.7. The van der Waals surface area contributed by atoms with Crippen molar-refractivity contribution in [2.24, 2.45) is 5.92 Å². The van der Waals surface area contributed by atoms with E-state index in [2.05, 4.69) is 24.1 Å². The minimum absolute atomic E-state index is 0.0254. The van der Waals surface area contributed by atoms with Crippen molar-refractivity contribution in [1.29, 1.82) is 0 Å². The number of benzene rings is 2. The zero-order chi connectivity index (χ0) is 16.9. The standard InChI is InChI=1S/C21H26N2O/c1-16(2)23-13-12-17(15-23)14-22-21(24)20-11-7-6-10-19(20)18-8-4-3-5-9-18/h3-11,16-17H,12-15H2,1-2H3,(H,22,24)/t17-/m1/s1. The van der Waals surface area contributed by atoms with E-state index in [9.17, 15) is 4.79 Å². The van der Waals surface area contributed by atoms with E-state index in [1.807, 2.05) is 54.6 Å². The maximum Gasteiger partial charge on any atom is 0.251 e. The molecule has 1 atom stereocenters. The molecule has 1 saturated heterocycles. The van der Waals surface area contributed by atoms with Crippen LogP contribution in [-0.2, 0) is 0 Å². The summed E-state index contributed by atoms with van der Waals surface area (Å²) >= 11 is 0. The zero-order valence-corrected chi connectivity index (χ0v) is 14.5. The number of amides is 1. The summed E-state index contributed by atoms with van der Waals surface area (Å²) in [4.78, 5) is 15.2. The molecule has 2 aromatic carbocycles. The molecule has 24 heavy (non-hydrogen) atoms. The summed E-state index contributed by atoms with van der Waals surface area (Å²) in [5.41, 5.74) is 2.82. The first-order valence-electron chi connectivity index (χ1n) is 8.82. The van der Waals surface area contributed by atoms with Crippen molar-refractivity contribution in [2.75, 3.05) is 19.6 Å². The second-order valence-corrected chi connectivity index (χ2v) is 6.87. The average Bonchev–Trinajstić information content (AvgIpc) is 3.10. The molecule has 2 aromatic rings. The molecule has 1 fully saturated rings. The van der Waals surface area contributed by atoms with Crippen molar-refractivity contribution in [3.8, 4) is 11.1 Å². The highest BCUT2D eigenvalue weighted by Crippen LogP contribution is 2.23. The molecule has 3 rings (SSSR count). The van der Waals surface area contributed by atoms with Crippen molar-refractivity contribution in [2.45, 2.75) is 26.3 Å². The molecule has 1 aliphatic heterocycles. The molecule has 0 unspecified atom stereocenters. The lowest BCUT2D eigenvalue weighted by molar-refractivity contribution is 0.0948. The normalized spacial score (nSPS) is 18.0. The summed E-state index contributed by atoms with van der Waals surface area (Å²) in [6.45, 7) is 7.44. The van der Waals surface area contributed by atoms with Gasteiger partial charge in [0.2, 0.25) is 0 Å². The fraction of sp³-hybridized carbons (Fsp3) is 0.381. The molecular formula is C21H26N2O. The Bertz CT molecular complexity index is 681. The lowest BCUT2D eigenvalue weighted by Crippen LogP contribution is -2.33. The molecule has 0 aromatic heterocycles. The van der Waals surface area contributed by atoms with Gasteiger partial charge in [0.05, 0.1) is 0 Å². The van der Waals surface area contributed by atoms with Crippen molar-refractivity contribution in [3.63, 3.8) is 0 Å². The topological polar surface area (TPSA) is 32.3 Å². The van der Waals surface area contributed by atoms with Crippen molar-refractivity contribution in [3.05, 3.63) is 60.2 Å². The molecule has 1 heterocycles. The van der Waals surface area contributed by atoms with Crippen LogP contribution in [0.25, 0.3) is 11.1 Å². The van der Waals surface area contributed by atoms with Crippen molar-refractivity contribution in [1.82, 2.24) is 10.2 Å².